The molecular weight excluding hydrogens is 396 g/mol. The molecule has 4 rings (SSSR count). The molecule has 1 saturated heterocycles. The van der Waals surface area contributed by atoms with E-state index in [4.69, 9.17) is 16.3 Å². The molecule has 2 bridgehead atoms. The second-order valence-electron chi connectivity index (χ2n) is 6.24. The Morgan fingerprint density at radius 1 is 1.25 bits per heavy atom. The lowest BCUT2D eigenvalue weighted by atomic mass is 9.85. The summed E-state index contributed by atoms with van der Waals surface area (Å²) in [5, 5.41) is 5.66. The molecule has 1 aromatic rings. The van der Waals surface area contributed by atoms with Crippen molar-refractivity contribution in [1.82, 2.24) is 5.01 Å². The number of nitrogens with zero attached hydrogens (tertiary/aromatic N) is 2. The number of benzene rings is 1. The van der Waals surface area contributed by atoms with Gasteiger partial charge in [-0.3, -0.25) is 9.59 Å². The zero-order valence-electron chi connectivity index (χ0n) is 12.8. The minimum atomic E-state index is -0.252. The molecule has 2 amide bonds. The molecule has 0 N–H and O–H groups in total. The smallest absolute Gasteiger partial charge is 0.254 e. The van der Waals surface area contributed by atoms with Crippen molar-refractivity contribution >= 4 is 45.6 Å². The van der Waals surface area contributed by atoms with Crippen LogP contribution in [0.25, 0.3) is 0 Å². The fourth-order valence-corrected chi connectivity index (χ4v) is 5.01. The highest BCUT2D eigenvalue weighted by Crippen LogP contribution is 2.52. The molecule has 24 heavy (non-hydrogen) atoms. The third kappa shape index (κ3) is 2.24. The van der Waals surface area contributed by atoms with E-state index < -0.39 is 0 Å². The van der Waals surface area contributed by atoms with Gasteiger partial charge in [-0.25, -0.2) is 0 Å². The van der Waals surface area contributed by atoms with Gasteiger partial charge in [0, 0.05) is 10.6 Å². The standard InChI is InChI=1S/C17H14BrClN2O3/c1-24-15-10(5-11(19)6-12(15)18)7-20-21-16(22)13-8-2-3-9(4-8)14(13)17(21)23/h2-3,5-9,13-14H,4H2,1H3. The molecule has 3 aliphatic rings. The van der Waals surface area contributed by atoms with E-state index in [0.717, 1.165) is 11.4 Å². The Bertz CT molecular complexity index is 777. The predicted molar refractivity (Wildman–Crippen MR) is 92.9 cm³/mol. The highest BCUT2D eigenvalue weighted by Gasteiger charge is 2.59. The zero-order chi connectivity index (χ0) is 17.0. The molecule has 2 aliphatic carbocycles. The topological polar surface area (TPSA) is 59.0 Å². The van der Waals surface area contributed by atoms with E-state index >= 15 is 0 Å². The van der Waals surface area contributed by atoms with E-state index in [1.165, 1.54) is 13.3 Å². The van der Waals surface area contributed by atoms with Crippen LogP contribution in [0.5, 0.6) is 5.75 Å². The number of ether oxygens (including phenoxy) is 1. The molecule has 124 valence electrons. The molecule has 4 atom stereocenters. The van der Waals surface area contributed by atoms with Gasteiger partial charge in [0.15, 0.2) is 0 Å². The number of rotatable bonds is 3. The Hall–Kier alpha value is -1.66. The summed E-state index contributed by atoms with van der Waals surface area (Å²) < 4.78 is 6.00. The molecule has 0 radical (unpaired) electrons. The summed E-state index contributed by atoms with van der Waals surface area (Å²) in [5.41, 5.74) is 0.593. The minimum Gasteiger partial charge on any atom is -0.495 e. The SMILES string of the molecule is COc1c(Br)cc(Cl)cc1C=NN1C(=O)C2C3C=CC(C3)C2C1=O. The number of hydrogen-bond donors (Lipinski definition) is 0. The van der Waals surface area contributed by atoms with Crippen LogP contribution >= 0.6 is 27.5 Å². The van der Waals surface area contributed by atoms with Crippen molar-refractivity contribution in [1.29, 1.82) is 0 Å². The van der Waals surface area contributed by atoms with Crippen LogP contribution in [-0.4, -0.2) is 30.1 Å². The van der Waals surface area contributed by atoms with E-state index in [9.17, 15) is 9.59 Å². The number of halogens is 2. The first-order chi connectivity index (χ1) is 11.5. The third-order valence-corrected chi connectivity index (χ3v) is 5.81. The van der Waals surface area contributed by atoms with Crippen LogP contribution in [0.1, 0.15) is 12.0 Å². The van der Waals surface area contributed by atoms with Gasteiger partial charge in [0.1, 0.15) is 5.75 Å². The summed E-state index contributed by atoms with van der Waals surface area (Å²) in [4.78, 5) is 25.2. The van der Waals surface area contributed by atoms with E-state index in [2.05, 4.69) is 33.2 Å². The third-order valence-electron chi connectivity index (χ3n) is 5.00. The Balaban J connectivity index is 1.64. The number of amides is 2. The summed E-state index contributed by atoms with van der Waals surface area (Å²) >= 11 is 9.43. The average molecular weight is 410 g/mol. The molecule has 1 aliphatic heterocycles. The summed E-state index contributed by atoms with van der Waals surface area (Å²) in [5.74, 6) is -0.0335. The number of methoxy groups -OCH3 is 1. The lowest BCUT2D eigenvalue weighted by molar-refractivity contribution is -0.140. The van der Waals surface area contributed by atoms with E-state index in [1.807, 2.05) is 0 Å². The van der Waals surface area contributed by atoms with E-state index in [0.29, 0.717) is 20.8 Å². The Kier molecular flexibility index (Phi) is 3.77. The van der Waals surface area contributed by atoms with Gasteiger partial charge in [0.25, 0.3) is 11.8 Å². The number of hydrazone groups is 1. The quantitative estimate of drug-likeness (QED) is 0.437. The van der Waals surface area contributed by atoms with E-state index in [1.54, 1.807) is 12.1 Å². The fraction of sp³-hybridized carbons (Fsp3) is 0.353. The molecule has 2 fully saturated rings. The first kappa shape index (κ1) is 15.8. The lowest BCUT2D eigenvalue weighted by Crippen LogP contribution is -2.28. The Labute approximate surface area is 152 Å². The van der Waals surface area contributed by atoms with Crippen LogP contribution in [0.4, 0.5) is 0 Å². The second-order valence-corrected chi connectivity index (χ2v) is 7.53. The lowest BCUT2D eigenvalue weighted by Gasteiger charge is -2.13. The van der Waals surface area contributed by atoms with Crippen molar-refractivity contribution in [2.45, 2.75) is 6.42 Å². The summed E-state index contributed by atoms with van der Waals surface area (Å²) in [7, 11) is 1.53. The first-order valence-corrected chi connectivity index (χ1v) is 8.81. The molecule has 1 heterocycles. The van der Waals surface area contributed by atoms with Gasteiger partial charge in [-0.05, 0) is 46.3 Å². The van der Waals surface area contributed by atoms with Crippen LogP contribution in [-0.2, 0) is 9.59 Å². The largest absolute Gasteiger partial charge is 0.495 e. The van der Waals surface area contributed by atoms with Gasteiger partial charge in [0.2, 0.25) is 0 Å². The molecule has 0 aromatic heterocycles. The predicted octanol–water partition coefficient (Wildman–Crippen LogP) is 3.25. The molecular formula is C17H14BrClN2O3. The monoisotopic (exact) mass is 408 g/mol. The maximum Gasteiger partial charge on any atom is 0.254 e. The zero-order valence-corrected chi connectivity index (χ0v) is 15.1. The van der Waals surface area contributed by atoms with Crippen molar-refractivity contribution in [3.8, 4) is 5.75 Å². The van der Waals surface area contributed by atoms with Crippen molar-refractivity contribution in [3.63, 3.8) is 0 Å². The number of imide groups is 1. The van der Waals surface area contributed by atoms with Gasteiger partial charge in [-0.15, -0.1) is 0 Å². The second kappa shape index (κ2) is 5.70. The van der Waals surface area contributed by atoms with Crippen molar-refractivity contribution < 1.29 is 14.3 Å². The highest BCUT2D eigenvalue weighted by molar-refractivity contribution is 9.10. The molecule has 1 saturated carbocycles. The maximum absolute atomic E-state index is 12.6. The highest BCUT2D eigenvalue weighted by atomic mass is 79.9. The number of carbonyl (C=O) groups excluding carboxylic acids is 2. The maximum atomic E-state index is 12.6. The Morgan fingerprint density at radius 3 is 2.46 bits per heavy atom. The van der Waals surface area contributed by atoms with Gasteiger partial charge in [-0.1, -0.05) is 23.8 Å². The first-order valence-electron chi connectivity index (χ1n) is 7.64. The summed E-state index contributed by atoms with van der Waals surface area (Å²) in [6, 6.07) is 3.38. The molecule has 0 spiro atoms. The molecule has 7 heteroatoms. The van der Waals surface area contributed by atoms with Crippen molar-refractivity contribution in [2.24, 2.45) is 28.8 Å². The fourth-order valence-electron chi connectivity index (χ4n) is 4.01. The normalized spacial score (nSPS) is 30.7. The number of fused-ring (bicyclic) bond motifs is 5. The van der Waals surface area contributed by atoms with Crippen LogP contribution < -0.4 is 4.74 Å². The summed E-state index contributed by atoms with van der Waals surface area (Å²) in [6.07, 6.45) is 6.46. The van der Waals surface area contributed by atoms with Gasteiger partial charge in [0.05, 0.1) is 29.6 Å². The van der Waals surface area contributed by atoms with Crippen LogP contribution in [0, 0.1) is 23.7 Å². The Morgan fingerprint density at radius 2 is 1.88 bits per heavy atom. The van der Waals surface area contributed by atoms with Gasteiger partial charge < -0.3 is 4.74 Å². The van der Waals surface area contributed by atoms with Crippen molar-refractivity contribution in [2.75, 3.05) is 7.11 Å². The van der Waals surface area contributed by atoms with Crippen molar-refractivity contribution in [3.05, 3.63) is 39.3 Å². The number of hydrogen-bond acceptors (Lipinski definition) is 4. The molecule has 1 aromatic carbocycles. The van der Waals surface area contributed by atoms with Crippen LogP contribution in [0.15, 0.2) is 33.9 Å². The average Bonchev–Trinajstić information content (AvgIpc) is 3.20. The molecule has 5 nitrogen and oxygen atoms in total. The van der Waals surface area contributed by atoms with Gasteiger partial charge >= 0.3 is 0 Å². The van der Waals surface area contributed by atoms with Crippen LogP contribution in [0.3, 0.4) is 0 Å². The number of allylic oxidation sites excluding steroid dienone is 2. The molecule has 4 unspecified atom stereocenters. The summed E-state index contributed by atoms with van der Waals surface area (Å²) in [6.45, 7) is 0. The van der Waals surface area contributed by atoms with Crippen LogP contribution in [0.2, 0.25) is 5.02 Å². The number of carbonyl (C=O) groups is 2. The minimum absolute atomic E-state index is 0.173. The van der Waals surface area contributed by atoms with E-state index in [-0.39, 0.29) is 35.5 Å². The van der Waals surface area contributed by atoms with Gasteiger partial charge in [-0.2, -0.15) is 10.1 Å².